The molecule has 0 bridgehead atoms. The Hall–Kier alpha value is -3.07. The molecular weight excluding hydrogens is 390 g/mol. The summed E-state index contributed by atoms with van der Waals surface area (Å²) in [5.74, 6) is 1.32. The summed E-state index contributed by atoms with van der Waals surface area (Å²) in [4.78, 5) is 44.9. The van der Waals surface area contributed by atoms with Gasteiger partial charge in [0.1, 0.15) is 11.9 Å². The third-order valence-electron chi connectivity index (χ3n) is 4.84. The minimum Gasteiger partial charge on any atom is -0.353 e. The van der Waals surface area contributed by atoms with Crippen LogP contribution in [-0.2, 0) is 9.59 Å². The highest BCUT2D eigenvalue weighted by molar-refractivity contribution is 7.99. The number of hydrogen-bond acceptors (Lipinski definition) is 6. The van der Waals surface area contributed by atoms with Crippen LogP contribution in [0.15, 0.2) is 48.7 Å². The Balaban J connectivity index is 1.40. The average Bonchev–Trinajstić information content (AvgIpc) is 3.24. The van der Waals surface area contributed by atoms with E-state index in [9.17, 15) is 14.4 Å². The maximum atomic E-state index is 12.8. The van der Waals surface area contributed by atoms with Crippen LogP contribution < -0.4 is 15.5 Å². The second-order valence-corrected chi connectivity index (χ2v) is 7.82. The van der Waals surface area contributed by atoms with Crippen LogP contribution in [0.4, 0.5) is 11.5 Å². The topological polar surface area (TPSA) is 94.6 Å². The summed E-state index contributed by atoms with van der Waals surface area (Å²) >= 11 is 1.56. The SMILES string of the molecule is O=C1CN(c2ccc(NC(=O)[C@H]3CSCN3C(=O)c3ccccc3)cn2)CCN1. The Morgan fingerprint density at radius 3 is 2.72 bits per heavy atom. The third-order valence-corrected chi connectivity index (χ3v) is 5.86. The molecule has 0 radical (unpaired) electrons. The summed E-state index contributed by atoms with van der Waals surface area (Å²) in [5.41, 5.74) is 1.13. The van der Waals surface area contributed by atoms with Crippen molar-refractivity contribution in [2.45, 2.75) is 6.04 Å². The fraction of sp³-hybridized carbons (Fsp3) is 0.300. The van der Waals surface area contributed by atoms with Gasteiger partial charge in [0.15, 0.2) is 0 Å². The normalized spacial score (nSPS) is 19.0. The molecule has 2 aromatic rings. The maximum Gasteiger partial charge on any atom is 0.255 e. The number of rotatable bonds is 4. The number of pyridine rings is 1. The fourth-order valence-corrected chi connectivity index (χ4v) is 4.47. The van der Waals surface area contributed by atoms with Gasteiger partial charge in [0.2, 0.25) is 11.8 Å². The van der Waals surface area contributed by atoms with E-state index in [1.807, 2.05) is 23.1 Å². The lowest BCUT2D eigenvalue weighted by Crippen LogP contribution is -2.48. The molecule has 1 aromatic heterocycles. The number of aromatic nitrogens is 1. The van der Waals surface area contributed by atoms with Crippen molar-refractivity contribution in [3.8, 4) is 0 Å². The number of carbonyl (C=O) groups is 3. The first-order valence-electron chi connectivity index (χ1n) is 9.34. The molecule has 3 heterocycles. The molecule has 0 spiro atoms. The summed E-state index contributed by atoms with van der Waals surface area (Å²) in [6.45, 7) is 1.55. The number of amides is 3. The van der Waals surface area contributed by atoms with E-state index in [0.29, 0.717) is 41.8 Å². The molecule has 0 unspecified atom stereocenters. The zero-order valence-electron chi connectivity index (χ0n) is 15.7. The number of nitrogens with zero attached hydrogens (tertiary/aromatic N) is 3. The monoisotopic (exact) mass is 411 g/mol. The van der Waals surface area contributed by atoms with Crippen molar-refractivity contribution in [2.24, 2.45) is 0 Å². The molecule has 1 atom stereocenters. The van der Waals surface area contributed by atoms with Crippen LogP contribution in [0.1, 0.15) is 10.4 Å². The molecule has 9 heteroatoms. The van der Waals surface area contributed by atoms with E-state index in [4.69, 9.17) is 0 Å². The molecule has 4 rings (SSSR count). The number of hydrogen-bond donors (Lipinski definition) is 2. The standard InChI is InChI=1S/C20H21N5O3S/c26-18-11-24(9-8-21-18)17-7-6-15(10-22-17)23-19(27)16-12-29-13-25(16)20(28)14-4-2-1-3-5-14/h1-7,10,16H,8-9,11-13H2,(H,21,26)(H,23,27)/t16-/m1/s1. The van der Waals surface area contributed by atoms with Crippen molar-refractivity contribution in [1.82, 2.24) is 15.2 Å². The summed E-state index contributed by atoms with van der Waals surface area (Å²) in [6.07, 6.45) is 1.57. The molecule has 2 aliphatic heterocycles. The molecule has 3 amide bonds. The maximum absolute atomic E-state index is 12.8. The molecule has 29 heavy (non-hydrogen) atoms. The predicted molar refractivity (Wildman–Crippen MR) is 112 cm³/mol. The van der Waals surface area contributed by atoms with Crippen LogP contribution in [0, 0.1) is 0 Å². The lowest BCUT2D eigenvalue weighted by Gasteiger charge is -2.27. The Bertz CT molecular complexity index is 906. The van der Waals surface area contributed by atoms with Crippen LogP contribution in [0.5, 0.6) is 0 Å². The molecule has 8 nitrogen and oxygen atoms in total. The van der Waals surface area contributed by atoms with Gasteiger partial charge in [0, 0.05) is 24.4 Å². The van der Waals surface area contributed by atoms with Gasteiger partial charge < -0.3 is 20.4 Å². The van der Waals surface area contributed by atoms with E-state index in [-0.39, 0.29) is 24.3 Å². The van der Waals surface area contributed by atoms with Crippen LogP contribution >= 0.6 is 11.8 Å². The second-order valence-electron chi connectivity index (χ2n) is 6.82. The highest BCUT2D eigenvalue weighted by Gasteiger charge is 2.35. The zero-order chi connectivity index (χ0) is 20.2. The Labute approximate surface area is 172 Å². The number of carbonyl (C=O) groups excluding carboxylic acids is 3. The lowest BCUT2D eigenvalue weighted by molar-refractivity contribution is -0.120. The molecule has 150 valence electrons. The molecule has 2 aliphatic rings. The first-order chi connectivity index (χ1) is 14.1. The van der Waals surface area contributed by atoms with Crippen molar-refractivity contribution >= 4 is 41.0 Å². The van der Waals surface area contributed by atoms with Crippen molar-refractivity contribution in [3.05, 3.63) is 54.2 Å². The molecule has 0 aliphatic carbocycles. The van der Waals surface area contributed by atoms with Crippen LogP contribution in [0.25, 0.3) is 0 Å². The quantitative estimate of drug-likeness (QED) is 0.784. The van der Waals surface area contributed by atoms with Gasteiger partial charge in [-0.1, -0.05) is 18.2 Å². The third kappa shape index (κ3) is 4.34. The van der Waals surface area contributed by atoms with E-state index in [1.165, 1.54) is 0 Å². The summed E-state index contributed by atoms with van der Waals surface area (Å²) in [7, 11) is 0. The van der Waals surface area contributed by atoms with E-state index in [1.54, 1.807) is 47.1 Å². The molecule has 2 N–H and O–H groups in total. The minimum absolute atomic E-state index is 0.0302. The van der Waals surface area contributed by atoms with Crippen molar-refractivity contribution in [2.75, 3.05) is 41.5 Å². The van der Waals surface area contributed by atoms with Crippen molar-refractivity contribution in [3.63, 3.8) is 0 Å². The summed E-state index contributed by atoms with van der Waals surface area (Å²) in [5, 5.41) is 5.63. The summed E-state index contributed by atoms with van der Waals surface area (Å²) < 4.78 is 0. The highest BCUT2D eigenvalue weighted by atomic mass is 32.2. The number of anilines is 2. The van der Waals surface area contributed by atoms with Crippen LogP contribution in [0.3, 0.4) is 0 Å². The minimum atomic E-state index is -0.529. The zero-order valence-corrected chi connectivity index (χ0v) is 16.5. The van der Waals surface area contributed by atoms with Gasteiger partial charge >= 0.3 is 0 Å². The van der Waals surface area contributed by atoms with Gasteiger partial charge in [0.05, 0.1) is 24.3 Å². The van der Waals surface area contributed by atoms with Gasteiger partial charge in [-0.05, 0) is 24.3 Å². The van der Waals surface area contributed by atoms with Gasteiger partial charge in [-0.2, -0.15) is 0 Å². The largest absolute Gasteiger partial charge is 0.353 e. The van der Waals surface area contributed by atoms with Gasteiger partial charge in [-0.3, -0.25) is 14.4 Å². The molecular formula is C20H21N5O3S. The summed E-state index contributed by atoms with van der Waals surface area (Å²) in [6, 6.07) is 12.0. The lowest BCUT2D eigenvalue weighted by atomic mass is 10.1. The number of benzene rings is 1. The van der Waals surface area contributed by atoms with Crippen molar-refractivity contribution < 1.29 is 14.4 Å². The van der Waals surface area contributed by atoms with Crippen molar-refractivity contribution in [1.29, 1.82) is 0 Å². The van der Waals surface area contributed by atoms with Crippen LogP contribution in [0.2, 0.25) is 0 Å². The molecule has 2 saturated heterocycles. The van der Waals surface area contributed by atoms with Gasteiger partial charge in [-0.25, -0.2) is 4.98 Å². The van der Waals surface area contributed by atoms with Gasteiger partial charge in [-0.15, -0.1) is 11.8 Å². The first-order valence-corrected chi connectivity index (χ1v) is 10.5. The average molecular weight is 411 g/mol. The molecule has 0 saturated carbocycles. The number of nitrogens with one attached hydrogen (secondary N) is 2. The van der Waals surface area contributed by atoms with E-state index >= 15 is 0 Å². The number of piperazine rings is 1. The number of thioether (sulfide) groups is 1. The predicted octanol–water partition coefficient (Wildman–Crippen LogP) is 1.17. The van der Waals surface area contributed by atoms with E-state index < -0.39 is 6.04 Å². The Morgan fingerprint density at radius 1 is 1.17 bits per heavy atom. The van der Waals surface area contributed by atoms with E-state index in [0.717, 1.165) is 0 Å². The Kier molecular flexibility index (Phi) is 5.66. The first kappa shape index (κ1) is 19.3. The van der Waals surface area contributed by atoms with Crippen LogP contribution in [-0.4, -0.2) is 64.9 Å². The highest BCUT2D eigenvalue weighted by Crippen LogP contribution is 2.24. The van der Waals surface area contributed by atoms with Gasteiger partial charge in [0.25, 0.3) is 5.91 Å². The second kappa shape index (κ2) is 8.52. The molecule has 1 aromatic carbocycles. The fourth-order valence-electron chi connectivity index (χ4n) is 3.31. The Morgan fingerprint density at radius 2 is 2.00 bits per heavy atom. The smallest absolute Gasteiger partial charge is 0.255 e. The molecule has 2 fully saturated rings. The van der Waals surface area contributed by atoms with E-state index in [2.05, 4.69) is 15.6 Å².